The van der Waals surface area contributed by atoms with Crippen molar-refractivity contribution in [3.05, 3.63) is 27.7 Å². The summed E-state index contributed by atoms with van der Waals surface area (Å²) in [6.45, 7) is 3.08. The number of hydrogen-bond acceptors (Lipinski definition) is 2. The van der Waals surface area contributed by atoms with Gasteiger partial charge in [-0.05, 0) is 47.9 Å². The van der Waals surface area contributed by atoms with Crippen LogP contribution in [-0.4, -0.2) is 17.8 Å². The van der Waals surface area contributed by atoms with Gasteiger partial charge in [0.05, 0.1) is 12.7 Å². The molecule has 0 saturated heterocycles. The smallest absolute Gasteiger partial charge is 0.125 e. The Morgan fingerprint density at radius 3 is 3.05 bits per heavy atom. The molecule has 1 aliphatic carbocycles. The molecule has 1 aromatic carbocycles. The zero-order valence-corrected chi connectivity index (χ0v) is 13.7. The van der Waals surface area contributed by atoms with Crippen molar-refractivity contribution in [1.29, 1.82) is 0 Å². The molecule has 1 heterocycles. The molecule has 3 rings (SSSR count). The molecule has 2 aliphatic rings. The monoisotopic (exact) mass is 338 g/mol. The molecule has 1 aliphatic heterocycles. The van der Waals surface area contributed by atoms with E-state index in [-0.39, 0.29) is 6.10 Å². The van der Waals surface area contributed by atoms with Gasteiger partial charge in [0.1, 0.15) is 5.75 Å². The number of fused-ring (bicyclic) bond motifs is 1. The number of benzene rings is 1. The minimum absolute atomic E-state index is 0.236. The average molecular weight is 339 g/mol. The van der Waals surface area contributed by atoms with Gasteiger partial charge in [-0.25, -0.2) is 0 Å². The lowest BCUT2D eigenvalue weighted by Gasteiger charge is -2.30. The van der Waals surface area contributed by atoms with Crippen molar-refractivity contribution in [2.75, 3.05) is 6.61 Å². The summed E-state index contributed by atoms with van der Waals surface area (Å²) < 4.78 is 6.86. The lowest BCUT2D eigenvalue weighted by atomic mass is 9.78. The second-order valence-corrected chi connectivity index (χ2v) is 7.37. The Labute approximate surface area is 129 Å². The zero-order chi connectivity index (χ0) is 14.1. The summed E-state index contributed by atoms with van der Waals surface area (Å²) >= 11 is 3.57. The fraction of sp³-hybridized carbons (Fsp3) is 0.647. The van der Waals surface area contributed by atoms with Gasteiger partial charge in [0.25, 0.3) is 0 Å². The highest BCUT2D eigenvalue weighted by Crippen LogP contribution is 2.36. The third kappa shape index (κ3) is 3.04. The summed E-state index contributed by atoms with van der Waals surface area (Å²) in [4.78, 5) is 0. The molecule has 1 aromatic rings. The van der Waals surface area contributed by atoms with Crippen LogP contribution in [0.1, 0.15) is 43.7 Å². The molecule has 110 valence electrons. The van der Waals surface area contributed by atoms with Crippen LogP contribution in [0.2, 0.25) is 0 Å². The molecule has 1 fully saturated rings. The summed E-state index contributed by atoms with van der Waals surface area (Å²) in [5.41, 5.74) is 2.44. The summed E-state index contributed by atoms with van der Waals surface area (Å²) in [7, 11) is 0. The van der Waals surface area contributed by atoms with Gasteiger partial charge in [-0.2, -0.15) is 0 Å². The quantitative estimate of drug-likeness (QED) is 0.898. The van der Waals surface area contributed by atoms with Gasteiger partial charge in [0.15, 0.2) is 0 Å². The Morgan fingerprint density at radius 1 is 1.40 bits per heavy atom. The first-order valence-corrected chi connectivity index (χ1v) is 8.55. The van der Waals surface area contributed by atoms with Crippen LogP contribution in [0.5, 0.6) is 5.75 Å². The Balaban J connectivity index is 1.74. The van der Waals surface area contributed by atoms with Gasteiger partial charge in [-0.3, -0.25) is 0 Å². The van der Waals surface area contributed by atoms with Gasteiger partial charge in [-0.15, -0.1) is 0 Å². The van der Waals surface area contributed by atoms with Crippen molar-refractivity contribution >= 4 is 15.9 Å². The largest absolute Gasteiger partial charge is 0.493 e. The Morgan fingerprint density at radius 2 is 2.25 bits per heavy atom. The van der Waals surface area contributed by atoms with Crippen LogP contribution >= 0.6 is 15.9 Å². The zero-order valence-electron chi connectivity index (χ0n) is 12.1. The minimum Gasteiger partial charge on any atom is -0.493 e. The molecule has 20 heavy (non-hydrogen) atoms. The van der Waals surface area contributed by atoms with Crippen molar-refractivity contribution in [2.45, 2.75) is 51.6 Å². The number of halogens is 1. The summed E-state index contributed by atoms with van der Waals surface area (Å²) in [5, 5.41) is 10.6. The Hall–Kier alpha value is -0.540. The average Bonchev–Trinajstić information content (AvgIpc) is 2.86. The summed E-state index contributed by atoms with van der Waals surface area (Å²) in [5.74, 6) is 2.23. The van der Waals surface area contributed by atoms with Crippen molar-refractivity contribution in [1.82, 2.24) is 0 Å². The molecule has 3 heteroatoms. The van der Waals surface area contributed by atoms with E-state index in [1.54, 1.807) is 0 Å². The third-order valence-electron chi connectivity index (χ3n) is 4.78. The van der Waals surface area contributed by atoms with Gasteiger partial charge >= 0.3 is 0 Å². The third-order valence-corrected chi connectivity index (χ3v) is 5.23. The first kappa shape index (κ1) is 14.4. The van der Waals surface area contributed by atoms with Crippen molar-refractivity contribution in [3.63, 3.8) is 0 Å². The fourth-order valence-corrected chi connectivity index (χ4v) is 4.27. The molecule has 3 unspecified atom stereocenters. The maximum Gasteiger partial charge on any atom is 0.125 e. The molecule has 0 radical (unpaired) electrons. The summed E-state index contributed by atoms with van der Waals surface area (Å²) in [6, 6.07) is 4.25. The molecule has 2 nitrogen and oxygen atoms in total. The van der Waals surface area contributed by atoms with E-state index >= 15 is 0 Å². The number of hydrogen-bond donors (Lipinski definition) is 1. The molecule has 3 atom stereocenters. The minimum atomic E-state index is -0.236. The highest BCUT2D eigenvalue weighted by atomic mass is 79.9. The standard InChI is InChI=1S/C17H23BrO2/c1-11-3-2-4-12(7-11)16(19)10-14-9-15(18)8-13-5-6-20-17(13)14/h8-9,11-12,16,19H,2-7,10H2,1H3. The van der Waals surface area contributed by atoms with Crippen LogP contribution in [-0.2, 0) is 12.8 Å². The van der Waals surface area contributed by atoms with Crippen molar-refractivity contribution < 1.29 is 9.84 Å². The maximum absolute atomic E-state index is 10.6. The van der Waals surface area contributed by atoms with E-state index in [0.29, 0.717) is 5.92 Å². The van der Waals surface area contributed by atoms with Crippen LogP contribution in [0.25, 0.3) is 0 Å². The lowest BCUT2D eigenvalue weighted by Crippen LogP contribution is -2.27. The molecule has 0 spiro atoms. The molecule has 1 N–H and O–H groups in total. The SMILES string of the molecule is CC1CCCC(C(O)Cc2cc(Br)cc3c2OCC3)C1. The topological polar surface area (TPSA) is 29.5 Å². The Kier molecular flexibility index (Phi) is 4.37. The predicted octanol–water partition coefficient (Wildman–Crippen LogP) is 4.11. The predicted molar refractivity (Wildman–Crippen MR) is 84.2 cm³/mol. The molecular formula is C17H23BrO2. The van der Waals surface area contributed by atoms with E-state index in [0.717, 1.165) is 47.6 Å². The van der Waals surface area contributed by atoms with E-state index in [1.165, 1.54) is 24.8 Å². The van der Waals surface area contributed by atoms with Crippen molar-refractivity contribution in [3.8, 4) is 5.75 Å². The number of aliphatic hydroxyl groups is 1. The number of aliphatic hydroxyl groups excluding tert-OH is 1. The van der Waals surface area contributed by atoms with E-state index in [9.17, 15) is 5.11 Å². The maximum atomic E-state index is 10.6. The van der Waals surface area contributed by atoms with Crippen LogP contribution in [0.4, 0.5) is 0 Å². The normalized spacial score (nSPS) is 26.9. The highest BCUT2D eigenvalue weighted by Gasteiger charge is 2.27. The van der Waals surface area contributed by atoms with E-state index in [1.807, 2.05) is 0 Å². The molecular weight excluding hydrogens is 316 g/mol. The van der Waals surface area contributed by atoms with Crippen LogP contribution < -0.4 is 4.74 Å². The second kappa shape index (κ2) is 6.07. The van der Waals surface area contributed by atoms with Crippen LogP contribution in [0, 0.1) is 11.8 Å². The van der Waals surface area contributed by atoms with Gasteiger partial charge in [0.2, 0.25) is 0 Å². The van der Waals surface area contributed by atoms with E-state index in [2.05, 4.69) is 35.0 Å². The first-order chi connectivity index (χ1) is 9.63. The van der Waals surface area contributed by atoms with E-state index in [4.69, 9.17) is 4.74 Å². The van der Waals surface area contributed by atoms with Gasteiger partial charge < -0.3 is 9.84 Å². The van der Waals surface area contributed by atoms with E-state index < -0.39 is 0 Å². The molecule has 0 bridgehead atoms. The second-order valence-electron chi connectivity index (χ2n) is 6.45. The highest BCUT2D eigenvalue weighted by molar-refractivity contribution is 9.10. The fourth-order valence-electron chi connectivity index (χ4n) is 3.72. The Bertz CT molecular complexity index is 486. The molecule has 0 amide bonds. The number of ether oxygens (including phenoxy) is 1. The van der Waals surface area contributed by atoms with Crippen molar-refractivity contribution in [2.24, 2.45) is 11.8 Å². The first-order valence-electron chi connectivity index (χ1n) is 7.75. The summed E-state index contributed by atoms with van der Waals surface area (Å²) in [6.07, 6.45) is 6.38. The van der Waals surface area contributed by atoms with Crippen LogP contribution in [0.15, 0.2) is 16.6 Å². The van der Waals surface area contributed by atoms with Crippen LogP contribution in [0.3, 0.4) is 0 Å². The molecule has 1 saturated carbocycles. The number of rotatable bonds is 3. The van der Waals surface area contributed by atoms with Gasteiger partial charge in [-0.1, -0.05) is 35.7 Å². The molecule has 0 aromatic heterocycles. The lowest BCUT2D eigenvalue weighted by molar-refractivity contribution is 0.0715. The van der Waals surface area contributed by atoms with Gasteiger partial charge in [0, 0.05) is 17.3 Å².